The predicted molar refractivity (Wildman–Crippen MR) is 126 cm³/mol. The Balaban J connectivity index is 1.65. The Morgan fingerprint density at radius 1 is 1.24 bits per heavy atom. The van der Waals surface area contributed by atoms with Crippen molar-refractivity contribution in [1.29, 1.82) is 10.7 Å². The number of pyridine rings is 1. The van der Waals surface area contributed by atoms with Gasteiger partial charge in [0, 0.05) is 47.7 Å². The first kappa shape index (κ1) is 22.6. The van der Waals surface area contributed by atoms with Crippen molar-refractivity contribution < 1.29 is 9.47 Å². The van der Waals surface area contributed by atoms with Crippen LogP contribution in [0.2, 0.25) is 10.2 Å². The van der Waals surface area contributed by atoms with E-state index in [0.29, 0.717) is 50.3 Å². The molecule has 3 heterocycles. The third kappa shape index (κ3) is 4.49. The minimum absolute atomic E-state index is 0.00487. The van der Waals surface area contributed by atoms with Gasteiger partial charge in [-0.2, -0.15) is 10.4 Å². The van der Waals surface area contributed by atoms with Crippen molar-refractivity contribution in [3.8, 4) is 17.6 Å². The molecule has 9 nitrogen and oxygen atoms in total. The van der Waals surface area contributed by atoms with Gasteiger partial charge in [0.2, 0.25) is 0 Å². The van der Waals surface area contributed by atoms with Gasteiger partial charge in [0.1, 0.15) is 18.5 Å². The molecule has 1 aliphatic heterocycles. The molecule has 0 atom stereocenters. The zero-order valence-electron chi connectivity index (χ0n) is 17.6. The molecule has 1 aliphatic rings. The number of hydrogen-bond donors (Lipinski definition) is 2. The van der Waals surface area contributed by atoms with Crippen molar-refractivity contribution in [2.24, 2.45) is 0 Å². The van der Waals surface area contributed by atoms with Crippen LogP contribution in [0.4, 0.5) is 11.5 Å². The van der Waals surface area contributed by atoms with E-state index in [1.807, 2.05) is 4.90 Å². The molecule has 4 rings (SSSR count). The molecule has 0 radical (unpaired) electrons. The standard InChI is InChI=1S/C22H19Cl2N7O2/c1-32-18-7-17(26)14(6-19(18)33-11-15-16(23)10-29-30-21(15)24)20(27)13-5-12(8-25)22(28-9-13)31-3-2-4-31/h5-7,9-10,27H,2-4,11,26H2,1H3. The van der Waals surface area contributed by atoms with Crippen LogP contribution < -0.4 is 20.1 Å². The number of nitrogens with one attached hydrogen (secondary N) is 1. The van der Waals surface area contributed by atoms with Crippen molar-refractivity contribution in [1.82, 2.24) is 15.2 Å². The summed E-state index contributed by atoms with van der Waals surface area (Å²) in [5.74, 6) is 1.34. The molecule has 0 aliphatic carbocycles. The second-order valence-corrected chi connectivity index (χ2v) is 8.03. The zero-order valence-corrected chi connectivity index (χ0v) is 19.1. The fraction of sp³-hybridized carbons (Fsp3) is 0.227. The summed E-state index contributed by atoms with van der Waals surface area (Å²) in [6, 6.07) is 6.99. The summed E-state index contributed by atoms with van der Waals surface area (Å²) in [7, 11) is 1.48. The lowest BCUT2D eigenvalue weighted by Crippen LogP contribution is -2.38. The van der Waals surface area contributed by atoms with Crippen LogP contribution in [0.15, 0.2) is 30.6 Å². The SMILES string of the molecule is COc1cc(N)c(C(=N)c2cnc(N3CCC3)c(C#N)c2)cc1OCc1c(Cl)cnnc1Cl. The number of halogens is 2. The van der Waals surface area contributed by atoms with Crippen molar-refractivity contribution >= 4 is 40.4 Å². The number of benzene rings is 1. The number of nitrogen functional groups attached to an aromatic ring is 1. The lowest BCUT2D eigenvalue weighted by atomic mass is 10.00. The number of methoxy groups -OCH3 is 1. The number of aromatic nitrogens is 3. The summed E-state index contributed by atoms with van der Waals surface area (Å²) in [4.78, 5) is 6.45. The molecule has 33 heavy (non-hydrogen) atoms. The van der Waals surface area contributed by atoms with E-state index in [1.54, 1.807) is 24.4 Å². The Kier molecular flexibility index (Phi) is 6.49. The van der Waals surface area contributed by atoms with Crippen LogP contribution in [0.3, 0.4) is 0 Å². The molecule has 168 valence electrons. The first-order valence-electron chi connectivity index (χ1n) is 9.93. The average Bonchev–Trinajstić information content (AvgIpc) is 2.78. The van der Waals surface area contributed by atoms with Gasteiger partial charge in [-0.25, -0.2) is 4.98 Å². The number of rotatable bonds is 7. The molecule has 2 aromatic heterocycles. The molecule has 11 heteroatoms. The van der Waals surface area contributed by atoms with Gasteiger partial charge in [-0.15, -0.1) is 5.10 Å². The van der Waals surface area contributed by atoms with Crippen LogP contribution in [0.1, 0.15) is 28.7 Å². The normalized spacial score (nSPS) is 12.6. The van der Waals surface area contributed by atoms with Crippen LogP contribution in [0, 0.1) is 16.7 Å². The lowest BCUT2D eigenvalue weighted by Gasteiger charge is -2.32. The topological polar surface area (TPSA) is 134 Å². The maximum Gasteiger partial charge on any atom is 0.162 e. The van der Waals surface area contributed by atoms with E-state index in [0.717, 1.165) is 19.5 Å². The van der Waals surface area contributed by atoms with Gasteiger partial charge in [-0.05, 0) is 18.6 Å². The summed E-state index contributed by atoms with van der Waals surface area (Å²) in [5, 5.41) is 26.2. The molecule has 3 N–H and O–H groups in total. The van der Waals surface area contributed by atoms with E-state index in [1.165, 1.54) is 13.3 Å². The highest BCUT2D eigenvalue weighted by Gasteiger charge is 2.22. The number of anilines is 2. The Bertz CT molecular complexity index is 1250. The van der Waals surface area contributed by atoms with Gasteiger partial charge in [-0.1, -0.05) is 23.2 Å². The van der Waals surface area contributed by atoms with Gasteiger partial charge in [0.05, 0.1) is 29.6 Å². The highest BCUT2D eigenvalue weighted by Crippen LogP contribution is 2.35. The minimum Gasteiger partial charge on any atom is -0.493 e. The zero-order chi connectivity index (χ0) is 23.5. The summed E-state index contributed by atoms with van der Waals surface area (Å²) < 4.78 is 11.3. The van der Waals surface area contributed by atoms with Gasteiger partial charge in [0.15, 0.2) is 16.7 Å². The second-order valence-electron chi connectivity index (χ2n) is 7.26. The van der Waals surface area contributed by atoms with Gasteiger partial charge in [0.25, 0.3) is 0 Å². The number of ether oxygens (including phenoxy) is 2. The molecule has 1 aromatic carbocycles. The third-order valence-corrected chi connectivity index (χ3v) is 5.89. The van der Waals surface area contributed by atoms with Crippen LogP contribution in [0.5, 0.6) is 11.5 Å². The second kappa shape index (κ2) is 9.48. The summed E-state index contributed by atoms with van der Waals surface area (Å²) >= 11 is 12.2. The number of nitrogens with zero attached hydrogens (tertiary/aromatic N) is 5. The van der Waals surface area contributed by atoms with Crippen LogP contribution >= 0.6 is 23.2 Å². The molecule has 0 bridgehead atoms. The molecule has 1 fully saturated rings. The van der Waals surface area contributed by atoms with Crippen molar-refractivity contribution in [3.05, 3.63) is 63.0 Å². The summed E-state index contributed by atoms with van der Waals surface area (Å²) in [6.07, 6.45) is 4.02. The molecular weight excluding hydrogens is 465 g/mol. The minimum atomic E-state index is 0.00487. The van der Waals surface area contributed by atoms with E-state index in [2.05, 4.69) is 21.3 Å². The highest BCUT2D eigenvalue weighted by atomic mass is 35.5. The summed E-state index contributed by atoms with van der Waals surface area (Å²) in [5.41, 5.74) is 8.36. The van der Waals surface area contributed by atoms with Gasteiger partial charge < -0.3 is 20.1 Å². The Morgan fingerprint density at radius 3 is 2.67 bits per heavy atom. The third-order valence-electron chi connectivity index (χ3n) is 5.26. The Hall–Kier alpha value is -3.61. The predicted octanol–water partition coefficient (Wildman–Crippen LogP) is 3.85. The molecule has 0 spiro atoms. The van der Waals surface area contributed by atoms with Gasteiger partial charge >= 0.3 is 0 Å². The fourth-order valence-electron chi connectivity index (χ4n) is 3.32. The van der Waals surface area contributed by atoms with E-state index in [-0.39, 0.29) is 17.5 Å². The monoisotopic (exact) mass is 483 g/mol. The smallest absolute Gasteiger partial charge is 0.162 e. The Morgan fingerprint density at radius 2 is 2.03 bits per heavy atom. The van der Waals surface area contributed by atoms with Crippen LogP contribution in [-0.4, -0.2) is 41.1 Å². The largest absolute Gasteiger partial charge is 0.493 e. The molecule has 0 amide bonds. The maximum atomic E-state index is 9.57. The van der Waals surface area contributed by atoms with E-state index >= 15 is 0 Å². The highest BCUT2D eigenvalue weighted by molar-refractivity contribution is 6.35. The molecular formula is C22H19Cl2N7O2. The quantitative estimate of drug-likeness (QED) is 0.382. The van der Waals surface area contributed by atoms with Crippen LogP contribution in [0.25, 0.3) is 0 Å². The van der Waals surface area contributed by atoms with E-state index in [4.69, 9.17) is 43.8 Å². The first-order chi connectivity index (χ1) is 15.9. The lowest BCUT2D eigenvalue weighted by molar-refractivity contribution is 0.284. The molecule has 0 unspecified atom stereocenters. The average molecular weight is 484 g/mol. The number of hydrogen-bond acceptors (Lipinski definition) is 9. The molecule has 0 saturated carbocycles. The van der Waals surface area contributed by atoms with Crippen molar-refractivity contribution in [2.45, 2.75) is 13.0 Å². The van der Waals surface area contributed by atoms with Crippen molar-refractivity contribution in [3.63, 3.8) is 0 Å². The maximum absolute atomic E-state index is 9.57. The van der Waals surface area contributed by atoms with Crippen LogP contribution in [-0.2, 0) is 6.61 Å². The molecule has 3 aromatic rings. The number of nitrogens with two attached hydrogens (primary N) is 1. The van der Waals surface area contributed by atoms with E-state index < -0.39 is 0 Å². The van der Waals surface area contributed by atoms with Crippen molar-refractivity contribution in [2.75, 3.05) is 30.8 Å². The molecule has 1 saturated heterocycles. The fourth-order valence-corrected chi connectivity index (χ4v) is 3.76. The Labute approximate surface area is 200 Å². The van der Waals surface area contributed by atoms with Gasteiger partial charge in [-0.3, -0.25) is 5.41 Å². The summed E-state index contributed by atoms with van der Waals surface area (Å²) in [6.45, 7) is 1.74. The first-order valence-corrected chi connectivity index (χ1v) is 10.7. The number of nitriles is 1. The van der Waals surface area contributed by atoms with E-state index in [9.17, 15) is 5.26 Å².